The first kappa shape index (κ1) is 31.6. The molecule has 4 atom stereocenters. The van der Waals surface area contributed by atoms with Gasteiger partial charge in [-0.1, -0.05) is 114 Å². The summed E-state index contributed by atoms with van der Waals surface area (Å²) in [4.78, 5) is 0. The molecule has 0 heterocycles. The van der Waals surface area contributed by atoms with E-state index in [1.165, 1.54) is 16.8 Å². The summed E-state index contributed by atoms with van der Waals surface area (Å²) in [7, 11) is -4.29. The summed E-state index contributed by atoms with van der Waals surface area (Å²) in [6.45, 7) is 21.5. The molecule has 0 unspecified atom stereocenters. The smallest absolute Gasteiger partial charge is 0.261 e. The van der Waals surface area contributed by atoms with Crippen molar-refractivity contribution in [3.8, 4) is 12.3 Å². The first-order chi connectivity index (χ1) is 18.2. The van der Waals surface area contributed by atoms with E-state index in [-0.39, 0.29) is 22.1 Å². The van der Waals surface area contributed by atoms with Crippen molar-refractivity contribution in [2.45, 2.75) is 97.0 Å². The Kier molecular flexibility index (Phi) is 10.3. The molecule has 2 aromatic rings. The van der Waals surface area contributed by atoms with Crippen LogP contribution >= 0.6 is 0 Å². The Balaban J connectivity index is 1.60. The normalized spacial score (nSPS) is 20.0. The Hall–Kier alpha value is -1.91. The van der Waals surface area contributed by atoms with Gasteiger partial charge in [-0.3, -0.25) is 0 Å². The van der Waals surface area contributed by atoms with Crippen molar-refractivity contribution >= 4 is 27.0 Å². The highest BCUT2D eigenvalue weighted by molar-refractivity contribution is 6.99. The summed E-state index contributed by atoms with van der Waals surface area (Å²) in [6.07, 6.45) is 13.9. The average molecular weight is 561 g/mol. The van der Waals surface area contributed by atoms with Crippen molar-refractivity contribution < 1.29 is 8.85 Å². The predicted octanol–water partition coefficient (Wildman–Crippen LogP) is 8.20. The van der Waals surface area contributed by atoms with Crippen LogP contribution in [-0.2, 0) is 8.85 Å². The van der Waals surface area contributed by atoms with Gasteiger partial charge in [0, 0.05) is 12.5 Å². The molecule has 1 saturated carbocycles. The minimum Gasteiger partial charge on any atom is -0.413 e. The van der Waals surface area contributed by atoms with Gasteiger partial charge >= 0.3 is 0 Å². The van der Waals surface area contributed by atoms with Crippen LogP contribution in [0.3, 0.4) is 0 Å². The molecule has 0 saturated heterocycles. The topological polar surface area (TPSA) is 18.5 Å². The quantitative estimate of drug-likeness (QED) is 0.148. The summed E-state index contributed by atoms with van der Waals surface area (Å²) >= 11 is 0. The number of hydrogen-bond acceptors (Lipinski definition) is 2. The van der Waals surface area contributed by atoms with Crippen molar-refractivity contribution in [1.82, 2.24) is 0 Å². The van der Waals surface area contributed by atoms with Gasteiger partial charge in [-0.2, -0.15) is 0 Å². The molecule has 0 spiro atoms. The number of terminal acetylenes is 1. The van der Waals surface area contributed by atoms with Crippen molar-refractivity contribution in [2.24, 2.45) is 17.8 Å². The van der Waals surface area contributed by atoms with Gasteiger partial charge < -0.3 is 8.85 Å². The summed E-state index contributed by atoms with van der Waals surface area (Å²) in [5.74, 6) is 4.44. The number of benzene rings is 2. The van der Waals surface area contributed by atoms with Crippen LogP contribution in [0, 0.1) is 30.1 Å². The molecule has 0 aromatic heterocycles. The number of rotatable bonds is 12. The molecule has 1 aliphatic carbocycles. The van der Waals surface area contributed by atoms with E-state index in [0.29, 0.717) is 11.8 Å². The molecule has 0 aliphatic heterocycles. The fourth-order valence-corrected chi connectivity index (χ4v) is 11.5. The van der Waals surface area contributed by atoms with Crippen LogP contribution in [0.25, 0.3) is 0 Å². The fourth-order valence-electron chi connectivity index (χ4n) is 5.43. The number of hydrogen-bond donors (Lipinski definition) is 0. The molecular formula is C35H52O2Si2. The maximum absolute atomic E-state index is 7.16. The molecule has 0 N–H and O–H groups in total. The lowest BCUT2D eigenvalue weighted by molar-refractivity contribution is 0.161. The minimum atomic E-state index is -2.46. The van der Waals surface area contributed by atoms with Gasteiger partial charge in [0.15, 0.2) is 8.32 Å². The second kappa shape index (κ2) is 12.7. The van der Waals surface area contributed by atoms with Crippen LogP contribution < -0.4 is 10.4 Å². The molecule has 1 fully saturated rings. The van der Waals surface area contributed by atoms with Crippen LogP contribution in [0.1, 0.15) is 67.7 Å². The Bertz CT molecular complexity index is 1060. The maximum atomic E-state index is 7.16. The third kappa shape index (κ3) is 7.64. The summed E-state index contributed by atoms with van der Waals surface area (Å²) in [5, 5.41) is 2.92. The zero-order valence-electron chi connectivity index (χ0n) is 26.0. The lowest BCUT2D eigenvalue weighted by Gasteiger charge is -2.43. The lowest BCUT2D eigenvalue weighted by Crippen LogP contribution is -2.66. The molecule has 0 bridgehead atoms. The first-order valence-electron chi connectivity index (χ1n) is 14.8. The Morgan fingerprint density at radius 1 is 0.872 bits per heavy atom. The van der Waals surface area contributed by atoms with E-state index in [0.717, 1.165) is 19.4 Å². The average Bonchev–Trinajstić information content (AvgIpc) is 3.62. The van der Waals surface area contributed by atoms with Gasteiger partial charge in [0.05, 0.1) is 6.10 Å². The zero-order valence-corrected chi connectivity index (χ0v) is 28.0. The maximum Gasteiger partial charge on any atom is 0.261 e. The van der Waals surface area contributed by atoms with Crippen molar-refractivity contribution in [3.63, 3.8) is 0 Å². The Labute approximate surface area is 241 Å². The molecule has 2 nitrogen and oxygen atoms in total. The third-order valence-electron chi connectivity index (χ3n) is 9.06. The van der Waals surface area contributed by atoms with E-state index >= 15 is 0 Å². The zero-order chi connectivity index (χ0) is 28.9. The van der Waals surface area contributed by atoms with Gasteiger partial charge in [-0.25, -0.2) is 0 Å². The monoisotopic (exact) mass is 560 g/mol. The highest BCUT2D eigenvalue weighted by Crippen LogP contribution is 2.44. The highest BCUT2D eigenvalue weighted by atomic mass is 28.4. The van der Waals surface area contributed by atoms with Crippen molar-refractivity contribution in [1.29, 1.82) is 0 Å². The molecule has 0 radical (unpaired) electrons. The van der Waals surface area contributed by atoms with E-state index in [9.17, 15) is 0 Å². The van der Waals surface area contributed by atoms with Crippen LogP contribution in [-0.4, -0.2) is 29.3 Å². The fraction of sp³-hybridized carbons (Fsp3) is 0.543. The summed E-state index contributed by atoms with van der Waals surface area (Å²) in [5.41, 5.74) is 0. The first-order valence-corrected chi connectivity index (χ1v) is 19.6. The van der Waals surface area contributed by atoms with Gasteiger partial charge in [0.25, 0.3) is 8.32 Å². The van der Waals surface area contributed by atoms with E-state index < -0.39 is 16.6 Å². The molecule has 1 aliphatic rings. The molecule has 4 heteroatoms. The van der Waals surface area contributed by atoms with Crippen LogP contribution in [0.5, 0.6) is 0 Å². The third-order valence-corrected chi connectivity index (χ3v) is 18.6. The van der Waals surface area contributed by atoms with Crippen molar-refractivity contribution in [2.75, 3.05) is 6.61 Å². The van der Waals surface area contributed by atoms with Crippen LogP contribution in [0.4, 0.5) is 0 Å². The predicted molar refractivity (Wildman–Crippen MR) is 174 cm³/mol. The van der Waals surface area contributed by atoms with E-state index in [1.54, 1.807) is 0 Å². The molecule has 39 heavy (non-hydrogen) atoms. The highest BCUT2D eigenvalue weighted by Gasteiger charge is 2.51. The Morgan fingerprint density at radius 2 is 1.41 bits per heavy atom. The molecule has 3 rings (SSSR count). The van der Waals surface area contributed by atoms with E-state index in [4.69, 9.17) is 15.3 Å². The van der Waals surface area contributed by atoms with Gasteiger partial charge in [-0.15, -0.1) is 12.3 Å². The molecule has 2 aromatic carbocycles. The van der Waals surface area contributed by atoms with Gasteiger partial charge in [0.2, 0.25) is 0 Å². The van der Waals surface area contributed by atoms with Crippen LogP contribution in [0.15, 0.2) is 72.8 Å². The molecule has 0 amide bonds. The van der Waals surface area contributed by atoms with E-state index in [2.05, 4.69) is 140 Å². The second-order valence-electron chi connectivity index (χ2n) is 14.0. The van der Waals surface area contributed by atoms with Gasteiger partial charge in [0.1, 0.15) is 0 Å². The minimum absolute atomic E-state index is 0.0212. The van der Waals surface area contributed by atoms with Gasteiger partial charge in [-0.05, 0) is 71.6 Å². The molecular weight excluding hydrogens is 509 g/mol. The second-order valence-corrected chi connectivity index (χ2v) is 23.1. The Morgan fingerprint density at radius 3 is 1.87 bits per heavy atom. The SMILES string of the molecule is C#C[C@H](C/C=C/C[C@H]1C[C@H]1CO[Si](c1ccccc1)(c1ccccc1)C(C)(C)C)[C@@H](C)O[Si](C)(C)C(C)(C)C. The standard InChI is InChI=1S/C35H52O2Si2/c1-11-29(28(2)37-38(9,10)34(3,4)5)20-18-19-21-30-26-31(30)27-36-39(35(6,7)8,32-22-14-12-15-23-32)33-24-16-13-17-25-33/h1,12-19,22-25,28-31H,20-21,26-27H2,2-10H3/b19-18+/t28-,29-,30+,31+/m1/s1. The molecule has 212 valence electrons. The largest absolute Gasteiger partial charge is 0.413 e. The summed E-state index contributed by atoms with van der Waals surface area (Å²) in [6, 6.07) is 21.9. The van der Waals surface area contributed by atoms with Crippen LogP contribution in [0.2, 0.25) is 23.2 Å². The van der Waals surface area contributed by atoms with E-state index in [1.807, 2.05) is 0 Å². The van der Waals surface area contributed by atoms with Crippen molar-refractivity contribution in [3.05, 3.63) is 72.8 Å². The lowest BCUT2D eigenvalue weighted by atomic mass is 10.0. The number of allylic oxidation sites excluding steroid dienone is 2. The summed E-state index contributed by atoms with van der Waals surface area (Å²) < 4.78 is 13.7.